The molecule has 0 radical (unpaired) electrons. The van der Waals surface area contributed by atoms with Crippen molar-refractivity contribution in [2.75, 3.05) is 18.5 Å². The number of carbonyl (C=O) groups excluding carboxylic acids is 1. The Morgan fingerprint density at radius 3 is 2.93 bits per heavy atom. The molecule has 1 aromatic rings. The number of primary amides is 1. The van der Waals surface area contributed by atoms with Crippen LogP contribution in [0.3, 0.4) is 0 Å². The summed E-state index contributed by atoms with van der Waals surface area (Å²) in [6.45, 7) is 1.32. The number of hydrogen-bond acceptors (Lipinski definition) is 5. The molecule has 0 spiro atoms. The zero-order chi connectivity index (χ0) is 10.1. The Morgan fingerprint density at radius 2 is 2.43 bits per heavy atom. The fraction of sp³-hybridized carbons (Fsp3) is 0.429. The maximum atomic E-state index is 11.0. The average molecular weight is 278 g/mol. The van der Waals surface area contributed by atoms with Crippen LogP contribution < -0.4 is 11.1 Å². The molecule has 0 bridgehead atoms. The van der Waals surface area contributed by atoms with Crippen molar-refractivity contribution < 1.29 is 9.53 Å². The van der Waals surface area contributed by atoms with Crippen LogP contribution >= 0.6 is 27.3 Å². The molecular formula is C7H8BrN3O2S. The summed E-state index contributed by atoms with van der Waals surface area (Å²) in [5.41, 5.74) is 5.46. The molecule has 0 unspecified atom stereocenters. The molecule has 0 saturated carbocycles. The van der Waals surface area contributed by atoms with Crippen molar-refractivity contribution in [1.82, 2.24) is 4.98 Å². The Kier molecular flexibility index (Phi) is 2.71. The summed E-state index contributed by atoms with van der Waals surface area (Å²) in [5.74, 6) is -0.519. The van der Waals surface area contributed by atoms with Crippen LogP contribution in [0.1, 0.15) is 10.5 Å². The third-order valence-corrected chi connectivity index (χ3v) is 3.25. The summed E-state index contributed by atoms with van der Waals surface area (Å²) < 4.78 is 5.66. The number of rotatable bonds is 3. The SMILES string of the molecule is NC(=O)c1nc(Br)sc1NC1COC1. The molecule has 1 fully saturated rings. The van der Waals surface area contributed by atoms with Gasteiger partial charge in [-0.15, -0.1) is 0 Å². The van der Waals surface area contributed by atoms with Crippen LogP contribution in [0.5, 0.6) is 0 Å². The predicted octanol–water partition coefficient (Wildman–Crippen LogP) is 0.815. The minimum atomic E-state index is -0.519. The number of hydrogen-bond donors (Lipinski definition) is 2. The van der Waals surface area contributed by atoms with Gasteiger partial charge in [0.2, 0.25) is 0 Å². The second-order valence-electron chi connectivity index (χ2n) is 2.89. The van der Waals surface area contributed by atoms with Crippen LogP contribution in [0.4, 0.5) is 5.00 Å². The van der Waals surface area contributed by atoms with Gasteiger partial charge in [-0.2, -0.15) is 0 Å². The van der Waals surface area contributed by atoms with Crippen LogP contribution in [-0.4, -0.2) is 30.1 Å². The number of thiazole rings is 1. The number of nitrogens with one attached hydrogen (secondary N) is 1. The van der Waals surface area contributed by atoms with Gasteiger partial charge >= 0.3 is 0 Å². The van der Waals surface area contributed by atoms with E-state index in [1.54, 1.807) is 0 Å². The number of nitrogens with two attached hydrogens (primary N) is 1. The van der Waals surface area contributed by atoms with Gasteiger partial charge in [0.25, 0.3) is 5.91 Å². The second kappa shape index (κ2) is 3.84. The largest absolute Gasteiger partial charge is 0.377 e. The Morgan fingerprint density at radius 1 is 1.71 bits per heavy atom. The normalized spacial score (nSPS) is 16.4. The van der Waals surface area contributed by atoms with Crippen LogP contribution in [0.2, 0.25) is 0 Å². The van der Waals surface area contributed by atoms with Gasteiger partial charge in [0.05, 0.1) is 19.3 Å². The molecule has 3 N–H and O–H groups in total. The van der Waals surface area contributed by atoms with E-state index in [1.807, 2.05) is 0 Å². The zero-order valence-electron chi connectivity index (χ0n) is 7.12. The Bertz CT molecular complexity index is 364. The number of nitrogens with zero attached hydrogens (tertiary/aromatic N) is 1. The van der Waals surface area contributed by atoms with E-state index in [-0.39, 0.29) is 11.7 Å². The lowest BCUT2D eigenvalue weighted by Crippen LogP contribution is -2.40. The highest BCUT2D eigenvalue weighted by molar-refractivity contribution is 9.11. The van der Waals surface area contributed by atoms with Crippen molar-refractivity contribution >= 4 is 38.2 Å². The molecule has 0 aliphatic carbocycles. The first-order valence-corrected chi connectivity index (χ1v) is 5.58. The van der Waals surface area contributed by atoms with E-state index in [0.29, 0.717) is 22.1 Å². The van der Waals surface area contributed by atoms with Crippen molar-refractivity contribution in [3.63, 3.8) is 0 Å². The fourth-order valence-electron chi connectivity index (χ4n) is 1.06. The number of carbonyl (C=O) groups is 1. The Hall–Kier alpha value is -0.660. The van der Waals surface area contributed by atoms with Crippen LogP contribution in [0, 0.1) is 0 Å². The molecule has 14 heavy (non-hydrogen) atoms. The average Bonchev–Trinajstić information content (AvgIpc) is 2.39. The standard InChI is InChI=1S/C7H8BrN3O2S/c8-7-11-4(5(9)12)6(14-7)10-3-1-13-2-3/h3,10H,1-2H2,(H2,9,12). The summed E-state index contributed by atoms with van der Waals surface area (Å²) in [7, 11) is 0. The molecule has 2 rings (SSSR count). The molecule has 7 heteroatoms. The van der Waals surface area contributed by atoms with E-state index in [1.165, 1.54) is 11.3 Å². The van der Waals surface area contributed by atoms with Crippen molar-refractivity contribution in [3.8, 4) is 0 Å². The molecule has 0 atom stereocenters. The van der Waals surface area contributed by atoms with Crippen molar-refractivity contribution in [1.29, 1.82) is 0 Å². The van der Waals surface area contributed by atoms with Gasteiger partial charge in [0, 0.05) is 0 Å². The van der Waals surface area contributed by atoms with Gasteiger partial charge in [-0.1, -0.05) is 11.3 Å². The van der Waals surface area contributed by atoms with Crippen molar-refractivity contribution in [2.24, 2.45) is 5.73 Å². The fourth-order valence-corrected chi connectivity index (χ4v) is 2.50. The number of amides is 1. The first-order chi connectivity index (χ1) is 6.66. The topological polar surface area (TPSA) is 77.2 Å². The molecule has 2 heterocycles. The van der Waals surface area contributed by atoms with Crippen LogP contribution in [-0.2, 0) is 4.74 Å². The number of halogens is 1. The summed E-state index contributed by atoms with van der Waals surface area (Å²) >= 11 is 4.57. The first-order valence-electron chi connectivity index (χ1n) is 3.97. The van der Waals surface area contributed by atoms with Gasteiger partial charge < -0.3 is 15.8 Å². The predicted molar refractivity (Wildman–Crippen MR) is 56.6 cm³/mol. The zero-order valence-corrected chi connectivity index (χ0v) is 9.52. The summed E-state index contributed by atoms with van der Waals surface area (Å²) in [4.78, 5) is 15.0. The van der Waals surface area contributed by atoms with Crippen LogP contribution in [0.15, 0.2) is 3.92 Å². The second-order valence-corrected chi connectivity index (χ2v) is 5.16. The van der Waals surface area contributed by atoms with Gasteiger partial charge in [-0.05, 0) is 15.9 Å². The third-order valence-electron chi connectivity index (χ3n) is 1.81. The molecule has 5 nitrogen and oxygen atoms in total. The highest BCUT2D eigenvalue weighted by atomic mass is 79.9. The minimum absolute atomic E-state index is 0.264. The first kappa shape index (κ1) is 9.88. The summed E-state index contributed by atoms with van der Waals surface area (Å²) in [6, 6.07) is 0.264. The summed E-state index contributed by atoms with van der Waals surface area (Å²) in [5, 5.41) is 3.86. The monoisotopic (exact) mass is 277 g/mol. The van der Waals surface area contributed by atoms with E-state index < -0.39 is 5.91 Å². The van der Waals surface area contributed by atoms with Gasteiger partial charge in [0.15, 0.2) is 9.61 Å². The molecule has 1 amide bonds. The van der Waals surface area contributed by atoms with E-state index in [0.717, 1.165) is 0 Å². The van der Waals surface area contributed by atoms with E-state index in [9.17, 15) is 4.79 Å². The maximum absolute atomic E-state index is 11.0. The molecule has 1 aliphatic heterocycles. The van der Waals surface area contributed by atoms with E-state index in [4.69, 9.17) is 10.5 Å². The molecular weight excluding hydrogens is 270 g/mol. The Labute approximate surface area is 92.8 Å². The highest BCUT2D eigenvalue weighted by Gasteiger charge is 2.22. The Balaban J connectivity index is 2.17. The van der Waals surface area contributed by atoms with Gasteiger partial charge in [-0.3, -0.25) is 4.79 Å². The quantitative estimate of drug-likeness (QED) is 0.858. The van der Waals surface area contributed by atoms with Crippen LogP contribution in [0.25, 0.3) is 0 Å². The molecule has 1 aromatic heterocycles. The lowest BCUT2D eigenvalue weighted by atomic mass is 10.2. The van der Waals surface area contributed by atoms with Gasteiger partial charge in [0.1, 0.15) is 5.00 Å². The van der Waals surface area contributed by atoms with E-state index >= 15 is 0 Å². The van der Waals surface area contributed by atoms with Gasteiger partial charge in [-0.25, -0.2) is 4.98 Å². The smallest absolute Gasteiger partial charge is 0.270 e. The summed E-state index contributed by atoms with van der Waals surface area (Å²) in [6.07, 6.45) is 0. The third kappa shape index (κ3) is 1.89. The van der Waals surface area contributed by atoms with Crippen molar-refractivity contribution in [2.45, 2.75) is 6.04 Å². The molecule has 0 aromatic carbocycles. The lowest BCUT2D eigenvalue weighted by Gasteiger charge is -2.27. The number of ether oxygens (including phenoxy) is 1. The molecule has 76 valence electrons. The highest BCUT2D eigenvalue weighted by Crippen LogP contribution is 2.29. The number of anilines is 1. The minimum Gasteiger partial charge on any atom is -0.377 e. The van der Waals surface area contributed by atoms with Crippen molar-refractivity contribution in [3.05, 3.63) is 9.61 Å². The lowest BCUT2D eigenvalue weighted by molar-refractivity contribution is 0.0212. The number of aromatic nitrogens is 1. The molecule has 1 aliphatic rings. The van der Waals surface area contributed by atoms with E-state index in [2.05, 4.69) is 26.2 Å². The molecule has 1 saturated heterocycles. The maximum Gasteiger partial charge on any atom is 0.270 e.